The van der Waals surface area contributed by atoms with Gasteiger partial charge in [-0.15, -0.1) is 10.2 Å². The van der Waals surface area contributed by atoms with Crippen molar-refractivity contribution in [1.82, 2.24) is 24.6 Å². The average molecular weight is 428 g/mol. The van der Waals surface area contributed by atoms with E-state index in [1.807, 2.05) is 41.8 Å². The van der Waals surface area contributed by atoms with Gasteiger partial charge in [-0.1, -0.05) is 12.1 Å². The summed E-state index contributed by atoms with van der Waals surface area (Å²) in [6, 6.07) is 10.5. The first-order chi connectivity index (χ1) is 14.4. The average Bonchev–Trinajstić information content (AvgIpc) is 3.17. The molecule has 4 rings (SSSR count). The van der Waals surface area contributed by atoms with Crippen LogP contribution in [0.25, 0.3) is 5.65 Å². The summed E-state index contributed by atoms with van der Waals surface area (Å²) < 4.78 is 29.5. The summed E-state index contributed by atoms with van der Waals surface area (Å²) in [4.78, 5) is 12.6. The SMILES string of the molecule is CC(NC(=O)CCNS(=O)(=O)c1ccc2c(c1)CCCC2)c1nnc2ccccn12. The molecule has 2 N–H and O–H groups in total. The molecule has 1 atom stereocenters. The van der Waals surface area contributed by atoms with Gasteiger partial charge in [0, 0.05) is 19.2 Å². The van der Waals surface area contributed by atoms with Gasteiger partial charge in [-0.3, -0.25) is 9.20 Å². The zero-order chi connectivity index (χ0) is 21.1. The number of nitrogens with one attached hydrogen (secondary N) is 2. The van der Waals surface area contributed by atoms with Crippen molar-refractivity contribution in [3.05, 3.63) is 59.5 Å². The lowest BCUT2D eigenvalue weighted by Crippen LogP contribution is -2.32. The largest absolute Gasteiger partial charge is 0.346 e. The van der Waals surface area contributed by atoms with Crippen LogP contribution in [0.15, 0.2) is 47.5 Å². The molecule has 0 bridgehead atoms. The Hall–Kier alpha value is -2.78. The minimum absolute atomic E-state index is 0.0263. The Morgan fingerprint density at radius 2 is 1.93 bits per heavy atom. The number of nitrogens with zero attached hydrogens (tertiary/aromatic N) is 3. The molecule has 30 heavy (non-hydrogen) atoms. The molecule has 1 amide bonds. The summed E-state index contributed by atoms with van der Waals surface area (Å²) >= 11 is 0. The van der Waals surface area contributed by atoms with E-state index < -0.39 is 10.0 Å². The van der Waals surface area contributed by atoms with E-state index in [2.05, 4.69) is 20.2 Å². The highest BCUT2D eigenvalue weighted by molar-refractivity contribution is 7.89. The Morgan fingerprint density at radius 3 is 2.77 bits per heavy atom. The van der Waals surface area contributed by atoms with Crippen LogP contribution in [-0.2, 0) is 27.7 Å². The molecule has 1 aromatic carbocycles. The standard InChI is InChI=1S/C21H25N5O3S/c1-15(21-25-24-19-8-4-5-13-26(19)21)23-20(27)11-12-22-30(28,29)18-10-9-16-6-2-3-7-17(16)14-18/h4-5,8-10,13-15,22H,2-3,6-7,11-12H2,1H3,(H,23,27). The molecule has 1 aliphatic rings. The molecule has 0 aliphatic heterocycles. The van der Waals surface area contributed by atoms with Crippen LogP contribution in [-0.4, -0.2) is 35.5 Å². The van der Waals surface area contributed by atoms with Gasteiger partial charge in [0.05, 0.1) is 10.9 Å². The Morgan fingerprint density at radius 1 is 1.13 bits per heavy atom. The molecule has 0 spiro atoms. The summed E-state index contributed by atoms with van der Waals surface area (Å²) in [5.41, 5.74) is 3.04. The third kappa shape index (κ3) is 4.36. The Kier molecular flexibility index (Phi) is 5.83. The first-order valence-corrected chi connectivity index (χ1v) is 11.6. The van der Waals surface area contributed by atoms with Crippen LogP contribution in [0.2, 0.25) is 0 Å². The lowest BCUT2D eigenvalue weighted by molar-refractivity contribution is -0.121. The van der Waals surface area contributed by atoms with Crippen LogP contribution in [0.4, 0.5) is 0 Å². The van der Waals surface area contributed by atoms with E-state index in [1.165, 1.54) is 5.56 Å². The molecule has 1 aliphatic carbocycles. The van der Waals surface area contributed by atoms with Gasteiger partial charge in [-0.05, 0) is 68.0 Å². The summed E-state index contributed by atoms with van der Waals surface area (Å²) in [7, 11) is -3.65. The van der Waals surface area contributed by atoms with Gasteiger partial charge in [0.25, 0.3) is 0 Å². The molecule has 0 saturated carbocycles. The van der Waals surface area contributed by atoms with Crippen molar-refractivity contribution in [1.29, 1.82) is 0 Å². The second kappa shape index (κ2) is 8.53. The van der Waals surface area contributed by atoms with Crippen molar-refractivity contribution in [2.45, 2.75) is 50.0 Å². The summed E-state index contributed by atoms with van der Waals surface area (Å²) in [5, 5.41) is 11.0. The highest BCUT2D eigenvalue weighted by atomic mass is 32.2. The lowest BCUT2D eigenvalue weighted by atomic mass is 9.92. The van der Waals surface area contributed by atoms with Gasteiger partial charge >= 0.3 is 0 Å². The lowest BCUT2D eigenvalue weighted by Gasteiger charge is -2.17. The van der Waals surface area contributed by atoms with Gasteiger partial charge in [-0.25, -0.2) is 13.1 Å². The normalized spacial score (nSPS) is 15.0. The second-order valence-corrected chi connectivity index (χ2v) is 9.33. The van der Waals surface area contributed by atoms with Gasteiger partial charge in [0.1, 0.15) is 0 Å². The van der Waals surface area contributed by atoms with E-state index in [0.717, 1.165) is 31.2 Å². The number of aryl methyl sites for hydroxylation is 2. The Labute approximate surface area is 175 Å². The fourth-order valence-corrected chi connectivity index (χ4v) is 4.87. The van der Waals surface area contributed by atoms with E-state index in [9.17, 15) is 13.2 Å². The van der Waals surface area contributed by atoms with Crippen LogP contribution >= 0.6 is 0 Å². The van der Waals surface area contributed by atoms with E-state index in [0.29, 0.717) is 11.5 Å². The van der Waals surface area contributed by atoms with Crippen molar-refractivity contribution in [3.63, 3.8) is 0 Å². The van der Waals surface area contributed by atoms with Crippen molar-refractivity contribution in [3.8, 4) is 0 Å². The molecule has 9 heteroatoms. The van der Waals surface area contributed by atoms with Crippen molar-refractivity contribution in [2.24, 2.45) is 0 Å². The zero-order valence-corrected chi connectivity index (χ0v) is 17.7. The number of hydrogen-bond acceptors (Lipinski definition) is 5. The zero-order valence-electron chi connectivity index (χ0n) is 16.8. The molecular formula is C21H25N5O3S. The van der Waals surface area contributed by atoms with Gasteiger partial charge in [0.15, 0.2) is 11.5 Å². The number of aromatic nitrogens is 3. The number of pyridine rings is 1. The van der Waals surface area contributed by atoms with E-state index in [4.69, 9.17) is 0 Å². The quantitative estimate of drug-likeness (QED) is 0.601. The minimum atomic E-state index is -3.65. The van der Waals surface area contributed by atoms with Gasteiger partial charge < -0.3 is 5.32 Å². The molecule has 1 unspecified atom stereocenters. The Bertz CT molecular complexity index is 1170. The molecule has 158 valence electrons. The maximum atomic E-state index is 12.6. The molecule has 2 heterocycles. The van der Waals surface area contributed by atoms with Crippen molar-refractivity contribution < 1.29 is 13.2 Å². The number of sulfonamides is 1. The second-order valence-electron chi connectivity index (χ2n) is 7.56. The number of carbonyl (C=O) groups is 1. The number of benzene rings is 1. The fraction of sp³-hybridized carbons (Fsp3) is 0.381. The maximum Gasteiger partial charge on any atom is 0.240 e. The first-order valence-electron chi connectivity index (χ1n) is 10.1. The molecule has 8 nitrogen and oxygen atoms in total. The molecule has 0 radical (unpaired) electrons. The van der Waals surface area contributed by atoms with Crippen LogP contribution in [0.5, 0.6) is 0 Å². The molecule has 0 saturated heterocycles. The third-order valence-electron chi connectivity index (χ3n) is 5.38. The van der Waals surface area contributed by atoms with Crippen molar-refractivity contribution >= 4 is 21.6 Å². The summed E-state index contributed by atoms with van der Waals surface area (Å²) in [5.74, 6) is 0.358. The molecular weight excluding hydrogens is 402 g/mol. The highest BCUT2D eigenvalue weighted by Gasteiger charge is 2.19. The summed E-state index contributed by atoms with van der Waals surface area (Å²) in [6.07, 6.45) is 6.02. The van der Waals surface area contributed by atoms with Crippen LogP contribution < -0.4 is 10.0 Å². The first kappa shape index (κ1) is 20.5. The number of carbonyl (C=O) groups excluding carboxylic acids is 1. The smallest absolute Gasteiger partial charge is 0.240 e. The van der Waals surface area contributed by atoms with E-state index in [-0.39, 0.29) is 29.8 Å². The summed E-state index contributed by atoms with van der Waals surface area (Å²) in [6.45, 7) is 1.84. The predicted molar refractivity (Wildman–Crippen MR) is 112 cm³/mol. The van der Waals surface area contributed by atoms with E-state index in [1.54, 1.807) is 12.1 Å². The fourth-order valence-electron chi connectivity index (χ4n) is 3.79. The van der Waals surface area contributed by atoms with Crippen LogP contribution in [0, 0.1) is 0 Å². The molecule has 2 aromatic heterocycles. The Balaban J connectivity index is 1.32. The molecule has 3 aromatic rings. The predicted octanol–water partition coefficient (Wildman–Crippen LogP) is 2.15. The van der Waals surface area contributed by atoms with Crippen LogP contribution in [0.1, 0.15) is 49.2 Å². The van der Waals surface area contributed by atoms with E-state index >= 15 is 0 Å². The van der Waals surface area contributed by atoms with Crippen molar-refractivity contribution in [2.75, 3.05) is 6.54 Å². The monoisotopic (exact) mass is 427 g/mol. The third-order valence-corrected chi connectivity index (χ3v) is 6.84. The number of amides is 1. The number of hydrogen-bond donors (Lipinski definition) is 2. The minimum Gasteiger partial charge on any atom is -0.346 e. The highest BCUT2D eigenvalue weighted by Crippen LogP contribution is 2.24. The van der Waals surface area contributed by atoms with Crippen LogP contribution in [0.3, 0.4) is 0 Å². The molecule has 0 fully saturated rings. The maximum absolute atomic E-state index is 12.6. The van der Waals surface area contributed by atoms with Gasteiger partial charge in [-0.2, -0.15) is 0 Å². The topological polar surface area (TPSA) is 105 Å². The van der Waals surface area contributed by atoms with Gasteiger partial charge in [0.2, 0.25) is 15.9 Å². The number of fused-ring (bicyclic) bond motifs is 2. The number of rotatable bonds is 7.